The molecular formula is C12H21N5O. The lowest BCUT2D eigenvalue weighted by atomic mass is 10.0. The molecule has 0 aromatic carbocycles. The van der Waals surface area contributed by atoms with Crippen LogP contribution < -0.4 is 5.73 Å². The van der Waals surface area contributed by atoms with Gasteiger partial charge in [-0.15, -0.1) is 0 Å². The number of nitrogens with one attached hydrogen (secondary N) is 1. The van der Waals surface area contributed by atoms with Crippen molar-refractivity contribution in [2.75, 3.05) is 32.7 Å². The number of piperazine rings is 1. The molecule has 0 bridgehead atoms. The topological polar surface area (TPSA) is 78.2 Å². The van der Waals surface area contributed by atoms with Gasteiger partial charge in [0.05, 0.1) is 11.8 Å². The number of hydrogen-bond donors (Lipinski definition) is 2. The van der Waals surface area contributed by atoms with Crippen LogP contribution in [0.1, 0.15) is 24.2 Å². The highest BCUT2D eigenvalue weighted by molar-refractivity contribution is 5.93. The Bertz CT molecular complexity index is 393. The van der Waals surface area contributed by atoms with E-state index in [-0.39, 0.29) is 11.4 Å². The molecule has 1 fully saturated rings. The van der Waals surface area contributed by atoms with Crippen LogP contribution in [0.3, 0.4) is 0 Å². The van der Waals surface area contributed by atoms with Crippen molar-refractivity contribution in [1.29, 1.82) is 0 Å². The van der Waals surface area contributed by atoms with Gasteiger partial charge >= 0.3 is 0 Å². The molecule has 18 heavy (non-hydrogen) atoms. The molecule has 2 heterocycles. The minimum Gasteiger partial charge on any atom is -0.336 e. The van der Waals surface area contributed by atoms with Crippen LogP contribution in [0.15, 0.2) is 12.4 Å². The Morgan fingerprint density at radius 2 is 2.11 bits per heavy atom. The summed E-state index contributed by atoms with van der Waals surface area (Å²) in [6, 6.07) is 0. The highest BCUT2D eigenvalue weighted by Gasteiger charge is 2.30. The average Bonchev–Trinajstić information content (AvgIpc) is 2.92. The van der Waals surface area contributed by atoms with Crippen LogP contribution in [0.25, 0.3) is 0 Å². The molecule has 1 saturated heterocycles. The smallest absolute Gasteiger partial charge is 0.257 e. The molecule has 1 aliphatic heterocycles. The van der Waals surface area contributed by atoms with E-state index in [1.807, 2.05) is 4.90 Å². The van der Waals surface area contributed by atoms with Crippen LogP contribution in [0, 0.1) is 0 Å². The number of H-pyrrole nitrogens is 1. The lowest BCUT2D eigenvalue weighted by Gasteiger charge is -2.43. The van der Waals surface area contributed by atoms with E-state index in [1.165, 1.54) is 0 Å². The molecule has 1 aromatic heterocycles. The molecule has 100 valence electrons. The van der Waals surface area contributed by atoms with Crippen molar-refractivity contribution in [2.45, 2.75) is 19.4 Å². The second-order valence-electron chi connectivity index (χ2n) is 5.28. The number of carbonyl (C=O) groups excluding carboxylic acids is 1. The first kappa shape index (κ1) is 13.0. The lowest BCUT2D eigenvalue weighted by Crippen LogP contribution is -2.58. The van der Waals surface area contributed by atoms with Crippen LogP contribution in [-0.2, 0) is 0 Å². The van der Waals surface area contributed by atoms with Crippen LogP contribution in [0.5, 0.6) is 0 Å². The van der Waals surface area contributed by atoms with Gasteiger partial charge in [-0.2, -0.15) is 5.10 Å². The van der Waals surface area contributed by atoms with E-state index in [1.54, 1.807) is 12.4 Å². The summed E-state index contributed by atoms with van der Waals surface area (Å²) in [6.07, 6.45) is 3.21. The van der Waals surface area contributed by atoms with E-state index in [9.17, 15) is 4.79 Å². The van der Waals surface area contributed by atoms with Crippen LogP contribution >= 0.6 is 0 Å². The van der Waals surface area contributed by atoms with E-state index in [4.69, 9.17) is 5.73 Å². The van der Waals surface area contributed by atoms with Crippen molar-refractivity contribution in [2.24, 2.45) is 5.73 Å². The van der Waals surface area contributed by atoms with Crippen molar-refractivity contribution in [3.63, 3.8) is 0 Å². The third-order valence-corrected chi connectivity index (χ3v) is 3.67. The molecule has 2 rings (SSSR count). The minimum atomic E-state index is 0.00474. The van der Waals surface area contributed by atoms with Gasteiger partial charge in [0.2, 0.25) is 0 Å². The zero-order chi connectivity index (χ0) is 13.2. The maximum Gasteiger partial charge on any atom is 0.257 e. The third-order valence-electron chi connectivity index (χ3n) is 3.67. The van der Waals surface area contributed by atoms with E-state index in [0.29, 0.717) is 12.1 Å². The zero-order valence-corrected chi connectivity index (χ0v) is 11.0. The number of aromatic nitrogens is 2. The molecule has 0 aliphatic carbocycles. The van der Waals surface area contributed by atoms with Gasteiger partial charge in [-0.3, -0.25) is 14.8 Å². The summed E-state index contributed by atoms with van der Waals surface area (Å²) in [4.78, 5) is 16.3. The number of nitrogens with two attached hydrogens (primary N) is 1. The van der Waals surface area contributed by atoms with E-state index in [2.05, 4.69) is 28.9 Å². The fourth-order valence-corrected chi connectivity index (χ4v) is 2.19. The largest absolute Gasteiger partial charge is 0.336 e. The lowest BCUT2D eigenvalue weighted by molar-refractivity contribution is 0.0426. The molecule has 1 aromatic rings. The summed E-state index contributed by atoms with van der Waals surface area (Å²) in [6.45, 7) is 8.13. The van der Waals surface area contributed by atoms with Crippen molar-refractivity contribution < 1.29 is 4.79 Å². The predicted octanol–water partition coefficient (Wildman–Crippen LogP) is -0.0952. The van der Waals surface area contributed by atoms with Gasteiger partial charge in [0.1, 0.15) is 0 Å². The number of rotatable bonds is 3. The zero-order valence-electron chi connectivity index (χ0n) is 11.0. The molecule has 0 spiro atoms. The average molecular weight is 251 g/mol. The number of hydrogen-bond acceptors (Lipinski definition) is 4. The Hall–Kier alpha value is -1.40. The molecule has 0 unspecified atom stereocenters. The SMILES string of the molecule is CC(C)(CN)N1CCN(C(=O)c2cn[nH]c2)CC1. The van der Waals surface area contributed by atoms with Crippen LogP contribution in [-0.4, -0.2) is 64.2 Å². The maximum absolute atomic E-state index is 12.1. The Morgan fingerprint density at radius 3 is 2.61 bits per heavy atom. The molecule has 1 aliphatic rings. The second kappa shape index (κ2) is 5.07. The monoisotopic (exact) mass is 251 g/mol. The Balaban J connectivity index is 1.93. The molecule has 6 nitrogen and oxygen atoms in total. The molecule has 6 heteroatoms. The van der Waals surface area contributed by atoms with Gasteiger partial charge in [-0.1, -0.05) is 0 Å². The van der Waals surface area contributed by atoms with Gasteiger partial charge in [0.25, 0.3) is 5.91 Å². The first-order valence-electron chi connectivity index (χ1n) is 6.28. The third kappa shape index (κ3) is 2.54. The number of nitrogens with zero attached hydrogens (tertiary/aromatic N) is 3. The Labute approximate surface area is 107 Å². The first-order valence-corrected chi connectivity index (χ1v) is 6.28. The van der Waals surface area contributed by atoms with Crippen molar-refractivity contribution in [1.82, 2.24) is 20.0 Å². The summed E-state index contributed by atoms with van der Waals surface area (Å²) in [7, 11) is 0. The first-order chi connectivity index (χ1) is 8.54. The maximum atomic E-state index is 12.1. The predicted molar refractivity (Wildman–Crippen MR) is 69.2 cm³/mol. The van der Waals surface area contributed by atoms with Crippen molar-refractivity contribution >= 4 is 5.91 Å². The second-order valence-corrected chi connectivity index (χ2v) is 5.28. The van der Waals surface area contributed by atoms with Gasteiger partial charge in [0.15, 0.2) is 0 Å². The summed E-state index contributed by atoms with van der Waals surface area (Å²) < 4.78 is 0. The van der Waals surface area contributed by atoms with E-state index < -0.39 is 0 Å². The summed E-state index contributed by atoms with van der Waals surface area (Å²) >= 11 is 0. The van der Waals surface area contributed by atoms with Crippen molar-refractivity contribution in [3.05, 3.63) is 18.0 Å². The fraction of sp³-hybridized carbons (Fsp3) is 0.667. The highest BCUT2D eigenvalue weighted by atomic mass is 16.2. The van der Waals surface area contributed by atoms with Gasteiger partial charge < -0.3 is 10.6 Å². The summed E-state index contributed by atoms with van der Waals surface area (Å²) in [5.41, 5.74) is 6.41. The summed E-state index contributed by atoms with van der Waals surface area (Å²) in [5.74, 6) is 0.0500. The van der Waals surface area contributed by atoms with Gasteiger partial charge in [-0.05, 0) is 13.8 Å². The van der Waals surface area contributed by atoms with Gasteiger partial charge in [0, 0.05) is 44.5 Å². The van der Waals surface area contributed by atoms with E-state index >= 15 is 0 Å². The van der Waals surface area contributed by atoms with Crippen molar-refractivity contribution in [3.8, 4) is 0 Å². The molecule has 0 atom stereocenters. The standard InChI is InChI=1S/C12H21N5O/c1-12(2,9-13)17-5-3-16(4-6-17)11(18)10-7-14-15-8-10/h7-8H,3-6,9,13H2,1-2H3,(H,14,15). The number of amides is 1. The Morgan fingerprint density at radius 1 is 1.44 bits per heavy atom. The molecular weight excluding hydrogens is 230 g/mol. The van der Waals surface area contributed by atoms with E-state index in [0.717, 1.165) is 26.2 Å². The molecule has 0 saturated carbocycles. The quantitative estimate of drug-likeness (QED) is 0.786. The van der Waals surface area contributed by atoms with Crippen LogP contribution in [0.4, 0.5) is 0 Å². The summed E-state index contributed by atoms with van der Waals surface area (Å²) in [5, 5.41) is 6.47. The fourth-order valence-electron chi connectivity index (χ4n) is 2.19. The number of aromatic amines is 1. The van der Waals surface area contributed by atoms with Crippen LogP contribution in [0.2, 0.25) is 0 Å². The number of carbonyl (C=O) groups is 1. The van der Waals surface area contributed by atoms with Gasteiger partial charge in [-0.25, -0.2) is 0 Å². The molecule has 1 amide bonds. The normalized spacial score (nSPS) is 18.1. The highest BCUT2D eigenvalue weighted by Crippen LogP contribution is 2.16. The molecule has 0 radical (unpaired) electrons. The minimum absolute atomic E-state index is 0.00474. The Kier molecular flexibility index (Phi) is 3.68. The molecule has 3 N–H and O–H groups in total.